The van der Waals surface area contributed by atoms with Crippen LogP contribution in [0.15, 0.2) is 30.7 Å². The SMILES string of the molecule is CC=[N+](C)c1n[nH]c(Nc2ccc3nccn3c2)n1. The maximum absolute atomic E-state index is 4.34. The number of nitrogens with zero attached hydrogens (tertiary/aromatic N) is 5. The van der Waals surface area contributed by atoms with Crippen LogP contribution in [0.3, 0.4) is 0 Å². The summed E-state index contributed by atoms with van der Waals surface area (Å²) < 4.78 is 3.77. The van der Waals surface area contributed by atoms with Crippen LogP contribution >= 0.6 is 0 Å². The Labute approximate surface area is 109 Å². The molecule has 0 saturated carbocycles. The molecule has 2 N–H and O–H groups in total. The molecule has 3 rings (SSSR count). The number of aromatic amines is 1. The Balaban J connectivity index is 1.86. The number of hydrogen-bond donors (Lipinski definition) is 2. The Morgan fingerprint density at radius 1 is 1.42 bits per heavy atom. The first kappa shape index (κ1) is 11.4. The number of anilines is 2. The average molecular weight is 256 g/mol. The van der Waals surface area contributed by atoms with Gasteiger partial charge in [-0.05, 0) is 24.0 Å². The van der Waals surface area contributed by atoms with Crippen LogP contribution in [0.2, 0.25) is 0 Å². The second-order valence-corrected chi connectivity index (χ2v) is 4.09. The van der Waals surface area contributed by atoms with E-state index in [1.807, 2.05) is 53.7 Å². The van der Waals surface area contributed by atoms with E-state index in [-0.39, 0.29) is 0 Å². The van der Waals surface area contributed by atoms with Gasteiger partial charge < -0.3 is 9.72 Å². The number of rotatable bonds is 3. The molecule has 0 aliphatic carbocycles. The quantitative estimate of drug-likeness (QED) is 0.551. The molecule has 0 radical (unpaired) electrons. The maximum atomic E-state index is 4.34. The highest BCUT2D eigenvalue weighted by Gasteiger charge is 2.14. The molecule has 19 heavy (non-hydrogen) atoms. The lowest BCUT2D eigenvalue weighted by atomic mass is 10.4. The van der Waals surface area contributed by atoms with Crippen molar-refractivity contribution in [2.75, 3.05) is 12.4 Å². The van der Waals surface area contributed by atoms with E-state index in [0.717, 1.165) is 11.3 Å². The first-order valence-electron chi connectivity index (χ1n) is 5.91. The van der Waals surface area contributed by atoms with Gasteiger partial charge in [-0.3, -0.25) is 0 Å². The van der Waals surface area contributed by atoms with Crippen LogP contribution in [-0.4, -0.2) is 42.4 Å². The van der Waals surface area contributed by atoms with Crippen molar-refractivity contribution in [1.82, 2.24) is 24.6 Å². The smallest absolute Gasteiger partial charge is 0.308 e. The van der Waals surface area contributed by atoms with Crippen molar-refractivity contribution in [2.45, 2.75) is 6.92 Å². The van der Waals surface area contributed by atoms with Gasteiger partial charge in [-0.15, -0.1) is 0 Å². The van der Waals surface area contributed by atoms with E-state index in [1.165, 1.54) is 0 Å². The van der Waals surface area contributed by atoms with Crippen LogP contribution in [-0.2, 0) is 0 Å². The predicted molar refractivity (Wildman–Crippen MR) is 72.4 cm³/mol. The van der Waals surface area contributed by atoms with Crippen LogP contribution in [0.4, 0.5) is 17.6 Å². The van der Waals surface area contributed by atoms with Crippen LogP contribution in [0.1, 0.15) is 6.92 Å². The number of imidazole rings is 1. The Morgan fingerprint density at radius 2 is 2.32 bits per heavy atom. The molecule has 0 fully saturated rings. The van der Waals surface area contributed by atoms with Crippen molar-refractivity contribution >= 4 is 29.4 Å². The molecule has 0 aliphatic heterocycles. The fourth-order valence-corrected chi connectivity index (χ4v) is 1.71. The third kappa shape index (κ3) is 2.17. The van der Waals surface area contributed by atoms with Gasteiger partial charge in [0.2, 0.25) is 0 Å². The van der Waals surface area contributed by atoms with Gasteiger partial charge in [0.15, 0.2) is 0 Å². The van der Waals surface area contributed by atoms with Crippen molar-refractivity contribution in [3.8, 4) is 0 Å². The van der Waals surface area contributed by atoms with Gasteiger partial charge in [0, 0.05) is 29.9 Å². The van der Waals surface area contributed by atoms with Gasteiger partial charge in [0.1, 0.15) is 5.65 Å². The van der Waals surface area contributed by atoms with Gasteiger partial charge >= 0.3 is 11.9 Å². The van der Waals surface area contributed by atoms with E-state index >= 15 is 0 Å². The van der Waals surface area contributed by atoms with E-state index in [2.05, 4.69) is 25.5 Å². The fraction of sp³-hybridized carbons (Fsp3) is 0.167. The minimum atomic E-state index is 0.600. The molecule has 0 spiro atoms. The zero-order valence-electron chi connectivity index (χ0n) is 10.7. The normalized spacial score (nSPS) is 12.0. The molecule has 0 bridgehead atoms. The number of H-pyrrole nitrogens is 1. The van der Waals surface area contributed by atoms with Gasteiger partial charge in [0.05, 0.1) is 12.7 Å². The van der Waals surface area contributed by atoms with Crippen molar-refractivity contribution < 1.29 is 4.58 Å². The molecule has 3 aromatic rings. The summed E-state index contributed by atoms with van der Waals surface area (Å²) in [6.45, 7) is 1.93. The van der Waals surface area contributed by atoms with E-state index in [1.54, 1.807) is 6.20 Å². The molecule has 7 nitrogen and oxygen atoms in total. The summed E-state index contributed by atoms with van der Waals surface area (Å²) in [4.78, 5) is 8.53. The minimum Gasteiger partial charge on any atom is -0.308 e. The van der Waals surface area contributed by atoms with Gasteiger partial charge in [-0.25, -0.2) is 9.56 Å². The standard InChI is InChI=1S/C12H14N7/c1-3-18(2)12-15-11(16-17-12)14-9-4-5-10-13-6-7-19(10)8-9/h3-8H,1-2H3,(H2,14,15,16,17)/q+1. The van der Waals surface area contributed by atoms with E-state index in [9.17, 15) is 0 Å². The van der Waals surface area contributed by atoms with E-state index in [4.69, 9.17) is 0 Å². The average Bonchev–Trinajstić information content (AvgIpc) is 3.06. The van der Waals surface area contributed by atoms with Crippen molar-refractivity contribution in [1.29, 1.82) is 0 Å². The third-order valence-corrected chi connectivity index (χ3v) is 2.83. The lowest BCUT2D eigenvalue weighted by Crippen LogP contribution is -1.99. The lowest BCUT2D eigenvalue weighted by molar-refractivity contribution is -0.408. The predicted octanol–water partition coefficient (Wildman–Crippen LogP) is 1.56. The number of hydrogen-bond acceptors (Lipinski definition) is 4. The second-order valence-electron chi connectivity index (χ2n) is 4.09. The molecule has 0 amide bonds. The summed E-state index contributed by atoms with van der Waals surface area (Å²) in [5.41, 5.74) is 1.82. The Kier molecular flexibility index (Phi) is 2.71. The summed E-state index contributed by atoms with van der Waals surface area (Å²) in [7, 11) is 1.89. The molecular formula is C12H14N7+. The van der Waals surface area contributed by atoms with Crippen LogP contribution < -0.4 is 5.32 Å². The van der Waals surface area contributed by atoms with Gasteiger partial charge in [-0.1, -0.05) is 0 Å². The molecule has 7 heteroatoms. The molecular weight excluding hydrogens is 242 g/mol. The highest BCUT2D eigenvalue weighted by atomic mass is 15.4. The summed E-state index contributed by atoms with van der Waals surface area (Å²) in [6.07, 6.45) is 7.49. The fourth-order valence-electron chi connectivity index (χ4n) is 1.71. The van der Waals surface area contributed by atoms with Crippen molar-refractivity contribution in [2.24, 2.45) is 0 Å². The van der Waals surface area contributed by atoms with Gasteiger partial charge in [0.25, 0.3) is 0 Å². The zero-order valence-corrected chi connectivity index (χ0v) is 10.7. The molecule has 0 aromatic carbocycles. The summed E-state index contributed by atoms with van der Waals surface area (Å²) in [6, 6.07) is 3.88. The van der Waals surface area contributed by atoms with E-state index in [0.29, 0.717) is 11.9 Å². The number of pyridine rings is 1. The molecule has 0 atom stereocenters. The Hall–Kier alpha value is -2.70. The minimum absolute atomic E-state index is 0.600. The van der Waals surface area contributed by atoms with Gasteiger partial charge in [-0.2, -0.15) is 5.10 Å². The number of aromatic nitrogens is 5. The molecule has 3 aromatic heterocycles. The van der Waals surface area contributed by atoms with Crippen LogP contribution in [0, 0.1) is 0 Å². The summed E-state index contributed by atoms with van der Waals surface area (Å²) >= 11 is 0. The molecule has 0 aliphatic rings. The molecule has 3 heterocycles. The summed E-state index contributed by atoms with van der Waals surface area (Å²) in [5.74, 6) is 1.22. The topological polar surface area (TPSA) is 73.9 Å². The highest BCUT2D eigenvalue weighted by Crippen LogP contribution is 2.15. The maximum Gasteiger partial charge on any atom is 0.456 e. The molecule has 0 unspecified atom stereocenters. The number of nitrogens with one attached hydrogen (secondary N) is 2. The lowest BCUT2D eigenvalue weighted by Gasteiger charge is -2.00. The third-order valence-electron chi connectivity index (χ3n) is 2.83. The molecule has 0 saturated heterocycles. The van der Waals surface area contributed by atoms with Crippen LogP contribution in [0.25, 0.3) is 5.65 Å². The largest absolute Gasteiger partial charge is 0.456 e. The van der Waals surface area contributed by atoms with Crippen molar-refractivity contribution in [3.05, 3.63) is 30.7 Å². The Bertz CT molecular complexity index is 737. The zero-order chi connectivity index (χ0) is 13.2. The Morgan fingerprint density at radius 3 is 3.16 bits per heavy atom. The van der Waals surface area contributed by atoms with Crippen LogP contribution in [0.5, 0.6) is 0 Å². The highest BCUT2D eigenvalue weighted by molar-refractivity contribution is 5.56. The van der Waals surface area contributed by atoms with E-state index < -0.39 is 0 Å². The monoisotopic (exact) mass is 256 g/mol. The molecule has 96 valence electrons. The summed E-state index contributed by atoms with van der Waals surface area (Å²) in [5, 5.41) is 10.1. The number of fused-ring (bicyclic) bond motifs is 1. The first-order valence-corrected chi connectivity index (χ1v) is 5.91. The van der Waals surface area contributed by atoms with Crippen molar-refractivity contribution in [3.63, 3.8) is 0 Å². The first-order chi connectivity index (χ1) is 9.26. The second kappa shape index (κ2) is 4.52.